The van der Waals surface area contributed by atoms with Gasteiger partial charge in [-0.2, -0.15) is 0 Å². The van der Waals surface area contributed by atoms with Gasteiger partial charge in [-0.15, -0.1) is 0 Å². The van der Waals surface area contributed by atoms with Crippen molar-refractivity contribution >= 4 is 57.6 Å². The molecule has 0 saturated carbocycles. The van der Waals surface area contributed by atoms with Crippen LogP contribution < -0.4 is 16.0 Å². The summed E-state index contributed by atoms with van der Waals surface area (Å²) >= 11 is 6.30. The van der Waals surface area contributed by atoms with Crippen molar-refractivity contribution in [3.05, 3.63) is 94.1 Å². The summed E-state index contributed by atoms with van der Waals surface area (Å²) in [6.07, 6.45) is 0. The van der Waals surface area contributed by atoms with E-state index in [1.807, 2.05) is 6.07 Å². The summed E-state index contributed by atoms with van der Waals surface area (Å²) in [6, 6.07) is 18.5. The number of nitrogens with one attached hydrogen (secondary N) is 3. The normalized spacial score (nSPS) is 10.8. The number of benzene rings is 3. The van der Waals surface area contributed by atoms with Gasteiger partial charge in [0.2, 0.25) is 5.91 Å². The first-order chi connectivity index (χ1) is 19.1. The average Bonchev–Trinajstić information content (AvgIpc) is 3.27. The Labute approximate surface area is 236 Å². The Hall–Kier alpha value is -4.63. The minimum atomic E-state index is -0.459. The fourth-order valence-corrected chi connectivity index (χ4v) is 4.30. The molecule has 4 aromatic rings. The van der Waals surface area contributed by atoms with E-state index < -0.39 is 11.9 Å². The lowest BCUT2D eigenvalue weighted by Gasteiger charge is -2.11. The lowest BCUT2D eigenvalue weighted by molar-refractivity contribution is -0.124. The smallest absolute Gasteiger partial charge is 0.337 e. The fraction of sp³-hybridized carbons (Fsp3) is 0.200. The molecule has 0 aliphatic rings. The maximum absolute atomic E-state index is 13.1. The quantitative estimate of drug-likeness (QED) is 0.249. The van der Waals surface area contributed by atoms with Crippen molar-refractivity contribution in [2.24, 2.45) is 13.0 Å². The molecule has 3 amide bonds. The van der Waals surface area contributed by atoms with E-state index in [0.717, 1.165) is 16.5 Å². The molecule has 10 heteroatoms. The summed E-state index contributed by atoms with van der Waals surface area (Å²) in [4.78, 5) is 49.6. The van der Waals surface area contributed by atoms with Gasteiger partial charge in [0, 0.05) is 41.8 Å². The van der Waals surface area contributed by atoms with Gasteiger partial charge in [0.1, 0.15) is 5.69 Å². The highest BCUT2D eigenvalue weighted by Gasteiger charge is 2.17. The lowest BCUT2D eigenvalue weighted by atomic mass is 10.1. The van der Waals surface area contributed by atoms with Crippen LogP contribution in [0.3, 0.4) is 0 Å². The van der Waals surface area contributed by atoms with Crippen molar-refractivity contribution in [1.82, 2.24) is 9.88 Å². The van der Waals surface area contributed by atoms with E-state index in [0.29, 0.717) is 22.6 Å². The molecule has 0 saturated heterocycles. The van der Waals surface area contributed by atoms with Gasteiger partial charge in [-0.05, 0) is 66.2 Å². The van der Waals surface area contributed by atoms with E-state index in [1.54, 1.807) is 86.1 Å². The third-order valence-electron chi connectivity index (χ3n) is 6.36. The topological polar surface area (TPSA) is 119 Å². The van der Waals surface area contributed by atoms with Crippen LogP contribution in [0.25, 0.3) is 10.9 Å². The van der Waals surface area contributed by atoms with E-state index in [2.05, 4.69) is 16.0 Å². The molecule has 0 spiro atoms. The van der Waals surface area contributed by atoms with Crippen LogP contribution in [0.2, 0.25) is 5.02 Å². The molecule has 0 bridgehead atoms. The first kappa shape index (κ1) is 28.4. The number of halogens is 1. The Kier molecular flexibility index (Phi) is 8.55. The van der Waals surface area contributed by atoms with Crippen molar-refractivity contribution < 1.29 is 23.9 Å². The minimum Gasteiger partial charge on any atom is -0.465 e. The highest BCUT2D eigenvalue weighted by molar-refractivity contribution is 6.34. The van der Waals surface area contributed by atoms with Crippen LogP contribution in [-0.4, -0.2) is 35.4 Å². The first-order valence-corrected chi connectivity index (χ1v) is 12.9. The summed E-state index contributed by atoms with van der Waals surface area (Å²) < 4.78 is 6.45. The zero-order valence-electron chi connectivity index (χ0n) is 22.5. The second kappa shape index (κ2) is 12.0. The zero-order chi connectivity index (χ0) is 29.0. The van der Waals surface area contributed by atoms with Crippen LogP contribution in [-0.2, 0) is 23.1 Å². The number of carbonyl (C=O) groups excluding carboxylic acids is 4. The number of aromatic nitrogens is 1. The Morgan fingerprint density at radius 1 is 0.875 bits per heavy atom. The number of hydrogen-bond acceptors (Lipinski definition) is 5. The van der Waals surface area contributed by atoms with Crippen molar-refractivity contribution in [1.29, 1.82) is 0 Å². The van der Waals surface area contributed by atoms with Crippen molar-refractivity contribution in [3.63, 3.8) is 0 Å². The van der Waals surface area contributed by atoms with E-state index in [1.165, 1.54) is 7.11 Å². The minimum absolute atomic E-state index is 0.0818. The molecular formula is C30H29ClN4O5. The van der Waals surface area contributed by atoms with E-state index in [9.17, 15) is 19.2 Å². The SMILES string of the molecule is COC(=O)c1ccc(NC(=O)c2cc3cc(NC(=O)c4cc(CNC(=O)C(C)C)ccc4Cl)ccc3n2C)cc1. The highest BCUT2D eigenvalue weighted by Crippen LogP contribution is 2.25. The first-order valence-electron chi connectivity index (χ1n) is 12.5. The predicted molar refractivity (Wildman–Crippen MR) is 155 cm³/mol. The van der Waals surface area contributed by atoms with E-state index >= 15 is 0 Å². The summed E-state index contributed by atoms with van der Waals surface area (Å²) in [6.45, 7) is 3.90. The Morgan fingerprint density at radius 2 is 1.55 bits per heavy atom. The molecule has 1 aromatic heterocycles. The number of methoxy groups -OCH3 is 1. The molecule has 3 aromatic carbocycles. The van der Waals surface area contributed by atoms with Crippen molar-refractivity contribution in [3.8, 4) is 0 Å². The number of rotatable bonds is 8. The van der Waals surface area contributed by atoms with Gasteiger partial charge in [0.15, 0.2) is 0 Å². The second-order valence-corrected chi connectivity index (χ2v) is 9.93. The van der Waals surface area contributed by atoms with E-state index in [-0.39, 0.29) is 34.9 Å². The number of amides is 3. The Morgan fingerprint density at radius 3 is 2.23 bits per heavy atom. The molecule has 0 radical (unpaired) electrons. The molecule has 0 aliphatic heterocycles. The number of aryl methyl sites for hydroxylation is 1. The van der Waals surface area contributed by atoms with Crippen LogP contribution in [0.4, 0.5) is 11.4 Å². The Bertz CT molecular complexity index is 1610. The van der Waals surface area contributed by atoms with Crippen LogP contribution in [0.5, 0.6) is 0 Å². The molecular weight excluding hydrogens is 532 g/mol. The number of esters is 1. The maximum atomic E-state index is 13.1. The fourth-order valence-electron chi connectivity index (χ4n) is 4.10. The number of nitrogens with zero attached hydrogens (tertiary/aromatic N) is 1. The molecule has 3 N–H and O–H groups in total. The standard InChI is InChI=1S/C30H29ClN4O5/c1-17(2)27(36)32-16-18-5-11-24(31)23(13-18)28(37)34-22-10-12-25-20(14-22)15-26(35(25)3)29(38)33-21-8-6-19(7-9-21)30(39)40-4/h5-15,17H,16H2,1-4H3,(H,32,36)(H,33,38)(H,34,37). The van der Waals surface area contributed by atoms with Crippen LogP contribution in [0, 0.1) is 5.92 Å². The lowest BCUT2D eigenvalue weighted by Crippen LogP contribution is -2.27. The summed E-state index contributed by atoms with van der Waals surface area (Å²) in [5, 5.41) is 9.55. The Balaban J connectivity index is 1.49. The molecule has 206 valence electrons. The number of carbonyl (C=O) groups is 4. The average molecular weight is 561 g/mol. The van der Waals surface area contributed by atoms with Crippen molar-refractivity contribution in [2.75, 3.05) is 17.7 Å². The van der Waals surface area contributed by atoms with Gasteiger partial charge in [-0.25, -0.2) is 4.79 Å². The maximum Gasteiger partial charge on any atom is 0.337 e. The third-order valence-corrected chi connectivity index (χ3v) is 6.69. The molecule has 1 heterocycles. The largest absolute Gasteiger partial charge is 0.465 e. The van der Waals surface area contributed by atoms with Crippen molar-refractivity contribution in [2.45, 2.75) is 20.4 Å². The van der Waals surface area contributed by atoms with Crippen LogP contribution in [0.1, 0.15) is 50.6 Å². The van der Waals surface area contributed by atoms with Crippen LogP contribution >= 0.6 is 11.6 Å². The number of hydrogen-bond donors (Lipinski definition) is 3. The molecule has 40 heavy (non-hydrogen) atoms. The van der Waals surface area contributed by atoms with Gasteiger partial charge in [0.05, 0.1) is 23.3 Å². The highest BCUT2D eigenvalue weighted by atomic mass is 35.5. The van der Waals surface area contributed by atoms with Gasteiger partial charge in [-0.3, -0.25) is 14.4 Å². The molecule has 0 aliphatic carbocycles. The van der Waals surface area contributed by atoms with Gasteiger partial charge in [0.25, 0.3) is 11.8 Å². The summed E-state index contributed by atoms with van der Waals surface area (Å²) in [7, 11) is 3.08. The molecule has 9 nitrogen and oxygen atoms in total. The predicted octanol–water partition coefficient (Wildman–Crippen LogP) is 5.40. The third kappa shape index (κ3) is 6.32. The monoisotopic (exact) mass is 560 g/mol. The number of ether oxygens (including phenoxy) is 1. The summed E-state index contributed by atoms with van der Waals surface area (Å²) in [5.74, 6) is -1.41. The van der Waals surface area contributed by atoms with Gasteiger partial charge < -0.3 is 25.3 Å². The number of anilines is 2. The second-order valence-electron chi connectivity index (χ2n) is 9.53. The molecule has 4 rings (SSSR count). The molecule has 0 unspecified atom stereocenters. The molecule has 0 atom stereocenters. The number of fused-ring (bicyclic) bond motifs is 1. The zero-order valence-corrected chi connectivity index (χ0v) is 23.3. The van der Waals surface area contributed by atoms with Crippen LogP contribution in [0.15, 0.2) is 66.7 Å². The van der Waals surface area contributed by atoms with Gasteiger partial charge >= 0.3 is 5.97 Å². The molecule has 0 fully saturated rings. The summed E-state index contributed by atoms with van der Waals surface area (Å²) in [5.41, 5.74) is 3.68. The van der Waals surface area contributed by atoms with Gasteiger partial charge in [-0.1, -0.05) is 31.5 Å². The van der Waals surface area contributed by atoms with E-state index in [4.69, 9.17) is 16.3 Å².